The molecule has 0 aromatic heterocycles. The van der Waals surface area contributed by atoms with Crippen molar-refractivity contribution in [3.8, 4) is 18.1 Å². The highest BCUT2D eigenvalue weighted by Crippen LogP contribution is 2.29. The molecule has 1 aliphatic rings. The number of anilines is 1. The van der Waals surface area contributed by atoms with Crippen LogP contribution in [0, 0.1) is 18.2 Å². The van der Waals surface area contributed by atoms with Gasteiger partial charge in [-0.1, -0.05) is 5.92 Å². The fourth-order valence-electron chi connectivity index (χ4n) is 1.21. The third kappa shape index (κ3) is 1.29. The Labute approximate surface area is 79.9 Å². The lowest BCUT2D eigenvalue weighted by Crippen LogP contribution is -2.25. The number of benzene rings is 1. The van der Waals surface area contributed by atoms with Crippen LogP contribution in [0.25, 0.3) is 0 Å². The van der Waals surface area contributed by atoms with Crippen molar-refractivity contribution >= 4 is 11.6 Å². The van der Waals surface area contributed by atoms with Crippen LogP contribution >= 0.6 is 0 Å². The fourth-order valence-corrected chi connectivity index (χ4v) is 1.21. The van der Waals surface area contributed by atoms with Gasteiger partial charge in [-0.25, -0.2) is 4.39 Å². The molecule has 1 amide bonds. The molecule has 70 valence electrons. The molecular weight excluding hydrogens is 185 g/mol. The van der Waals surface area contributed by atoms with Gasteiger partial charge < -0.3 is 10.1 Å². The van der Waals surface area contributed by atoms with Crippen molar-refractivity contribution in [1.82, 2.24) is 0 Å². The predicted octanol–water partition coefficient (Wildman–Crippen LogP) is 1.14. The van der Waals surface area contributed by atoms with Crippen LogP contribution in [-0.2, 0) is 4.79 Å². The number of carbonyl (C=O) groups is 1. The predicted molar refractivity (Wildman–Crippen MR) is 48.5 cm³/mol. The van der Waals surface area contributed by atoms with Gasteiger partial charge in [-0.2, -0.15) is 0 Å². The Bertz CT molecular complexity index is 448. The molecule has 0 unspecified atom stereocenters. The lowest BCUT2D eigenvalue weighted by Gasteiger charge is -2.17. The Balaban J connectivity index is 2.52. The largest absolute Gasteiger partial charge is 0.481 e. The highest BCUT2D eigenvalue weighted by atomic mass is 19.1. The molecule has 1 heterocycles. The smallest absolute Gasteiger partial charge is 0.262 e. The van der Waals surface area contributed by atoms with E-state index in [-0.39, 0.29) is 18.1 Å². The number of nitrogens with one attached hydrogen (secondary N) is 1. The number of amides is 1. The lowest BCUT2D eigenvalue weighted by molar-refractivity contribution is -0.118. The second-order valence-electron chi connectivity index (χ2n) is 2.81. The summed E-state index contributed by atoms with van der Waals surface area (Å²) in [5.74, 6) is 1.69. The molecule has 1 N–H and O–H groups in total. The Morgan fingerprint density at radius 2 is 2.36 bits per heavy atom. The molecule has 0 atom stereocenters. The van der Waals surface area contributed by atoms with Crippen LogP contribution in [0.15, 0.2) is 12.1 Å². The Kier molecular flexibility index (Phi) is 1.86. The molecule has 4 heteroatoms. The number of ether oxygens (including phenoxy) is 1. The first-order chi connectivity index (χ1) is 6.70. The van der Waals surface area contributed by atoms with Gasteiger partial charge in [0.1, 0.15) is 11.6 Å². The highest BCUT2D eigenvalue weighted by molar-refractivity contribution is 5.95. The molecule has 0 spiro atoms. The molecule has 0 radical (unpaired) electrons. The number of carbonyl (C=O) groups excluding carboxylic acids is 1. The van der Waals surface area contributed by atoms with E-state index in [0.29, 0.717) is 11.4 Å². The minimum atomic E-state index is -0.526. The molecule has 0 saturated carbocycles. The van der Waals surface area contributed by atoms with E-state index in [1.165, 1.54) is 12.1 Å². The van der Waals surface area contributed by atoms with Gasteiger partial charge in [0, 0.05) is 6.07 Å². The molecule has 1 aromatic rings. The standard InChI is InChI=1S/C10H6FNO2/c1-2-6-3-8-9(4-7(6)11)14-5-10(13)12-8/h1,3-4H,5H2,(H,12,13). The van der Waals surface area contributed by atoms with Crippen LogP contribution < -0.4 is 10.1 Å². The molecule has 14 heavy (non-hydrogen) atoms. The van der Waals surface area contributed by atoms with Crippen LogP contribution in [0.1, 0.15) is 5.56 Å². The molecule has 1 aromatic carbocycles. The van der Waals surface area contributed by atoms with Gasteiger partial charge in [-0.15, -0.1) is 6.42 Å². The number of hydrogen-bond acceptors (Lipinski definition) is 2. The van der Waals surface area contributed by atoms with E-state index in [2.05, 4.69) is 11.2 Å². The number of halogens is 1. The summed E-state index contributed by atoms with van der Waals surface area (Å²) in [6.45, 7) is -0.0954. The summed E-state index contributed by atoms with van der Waals surface area (Å²) in [4.78, 5) is 10.9. The first-order valence-corrected chi connectivity index (χ1v) is 3.93. The van der Waals surface area contributed by atoms with Crippen molar-refractivity contribution in [2.75, 3.05) is 11.9 Å². The van der Waals surface area contributed by atoms with Gasteiger partial charge in [0.25, 0.3) is 5.91 Å². The SMILES string of the molecule is C#Cc1cc2c(cc1F)OCC(=O)N2. The molecule has 3 nitrogen and oxygen atoms in total. The summed E-state index contributed by atoms with van der Waals surface area (Å²) in [5, 5.41) is 2.54. The van der Waals surface area contributed by atoms with E-state index < -0.39 is 5.82 Å². The van der Waals surface area contributed by atoms with Gasteiger partial charge in [0.05, 0.1) is 11.3 Å². The van der Waals surface area contributed by atoms with Gasteiger partial charge in [0.15, 0.2) is 6.61 Å². The van der Waals surface area contributed by atoms with E-state index >= 15 is 0 Å². The summed E-state index contributed by atoms with van der Waals surface area (Å²) in [7, 11) is 0. The number of rotatable bonds is 0. The second kappa shape index (κ2) is 3.04. The van der Waals surface area contributed by atoms with Crippen molar-refractivity contribution < 1.29 is 13.9 Å². The highest BCUT2D eigenvalue weighted by Gasteiger charge is 2.17. The number of hydrogen-bond donors (Lipinski definition) is 1. The number of terminal acetylenes is 1. The van der Waals surface area contributed by atoms with Crippen molar-refractivity contribution in [1.29, 1.82) is 0 Å². The normalized spacial score (nSPS) is 13.6. The molecule has 2 rings (SSSR count). The van der Waals surface area contributed by atoms with Crippen molar-refractivity contribution in [2.45, 2.75) is 0 Å². The third-order valence-electron chi connectivity index (χ3n) is 1.86. The Morgan fingerprint density at radius 1 is 1.57 bits per heavy atom. The van der Waals surface area contributed by atoms with Crippen LogP contribution in [0.2, 0.25) is 0 Å². The third-order valence-corrected chi connectivity index (χ3v) is 1.86. The summed E-state index contributed by atoms with van der Waals surface area (Å²) in [6.07, 6.45) is 5.07. The van der Waals surface area contributed by atoms with Crippen molar-refractivity contribution in [3.63, 3.8) is 0 Å². The van der Waals surface area contributed by atoms with E-state index in [0.717, 1.165) is 0 Å². The van der Waals surface area contributed by atoms with Crippen molar-refractivity contribution in [2.24, 2.45) is 0 Å². The Hall–Kier alpha value is -2.02. The van der Waals surface area contributed by atoms with Crippen LogP contribution in [0.3, 0.4) is 0 Å². The minimum absolute atomic E-state index is 0.0954. The average Bonchev–Trinajstić information content (AvgIpc) is 2.17. The maximum atomic E-state index is 13.1. The maximum Gasteiger partial charge on any atom is 0.262 e. The monoisotopic (exact) mass is 191 g/mol. The average molecular weight is 191 g/mol. The van der Waals surface area contributed by atoms with Crippen LogP contribution in [0.4, 0.5) is 10.1 Å². The van der Waals surface area contributed by atoms with E-state index in [1.54, 1.807) is 0 Å². The first kappa shape index (κ1) is 8.57. The van der Waals surface area contributed by atoms with E-state index in [9.17, 15) is 9.18 Å². The molecule has 0 fully saturated rings. The quantitative estimate of drug-likeness (QED) is 0.624. The van der Waals surface area contributed by atoms with E-state index in [1.807, 2.05) is 0 Å². The van der Waals surface area contributed by atoms with E-state index in [4.69, 9.17) is 11.2 Å². The molecule has 0 bridgehead atoms. The van der Waals surface area contributed by atoms with Crippen LogP contribution in [-0.4, -0.2) is 12.5 Å². The Morgan fingerprint density at radius 3 is 3.07 bits per heavy atom. The zero-order valence-electron chi connectivity index (χ0n) is 7.13. The number of fused-ring (bicyclic) bond motifs is 1. The zero-order chi connectivity index (χ0) is 10.1. The van der Waals surface area contributed by atoms with Gasteiger partial charge in [-0.05, 0) is 6.07 Å². The van der Waals surface area contributed by atoms with Gasteiger partial charge >= 0.3 is 0 Å². The molecule has 0 saturated heterocycles. The van der Waals surface area contributed by atoms with Crippen LogP contribution in [0.5, 0.6) is 5.75 Å². The topological polar surface area (TPSA) is 38.3 Å². The lowest BCUT2D eigenvalue weighted by atomic mass is 10.1. The summed E-state index contributed by atoms with van der Waals surface area (Å²) in [5.41, 5.74) is 0.519. The molecule has 1 aliphatic heterocycles. The molecule has 0 aliphatic carbocycles. The minimum Gasteiger partial charge on any atom is -0.481 e. The van der Waals surface area contributed by atoms with Gasteiger partial charge in [0.2, 0.25) is 0 Å². The fraction of sp³-hybridized carbons (Fsp3) is 0.100. The zero-order valence-corrected chi connectivity index (χ0v) is 7.13. The first-order valence-electron chi connectivity index (χ1n) is 3.93. The maximum absolute atomic E-state index is 13.1. The second-order valence-corrected chi connectivity index (χ2v) is 2.81. The summed E-state index contributed by atoms with van der Waals surface area (Å²) in [6, 6.07) is 2.55. The van der Waals surface area contributed by atoms with Crippen molar-refractivity contribution in [3.05, 3.63) is 23.5 Å². The van der Waals surface area contributed by atoms with Gasteiger partial charge in [-0.3, -0.25) is 4.79 Å². The summed E-state index contributed by atoms with van der Waals surface area (Å²) < 4.78 is 18.1. The summed E-state index contributed by atoms with van der Waals surface area (Å²) >= 11 is 0. The molecular formula is C10H6FNO2.